The van der Waals surface area contributed by atoms with Gasteiger partial charge in [0.2, 0.25) is 0 Å². The number of para-hydroxylation sites is 2. The fourth-order valence-electron chi connectivity index (χ4n) is 1.26. The van der Waals surface area contributed by atoms with Crippen molar-refractivity contribution in [2.75, 3.05) is 0 Å². The third kappa shape index (κ3) is 2.34. The third-order valence-electron chi connectivity index (χ3n) is 2.14. The summed E-state index contributed by atoms with van der Waals surface area (Å²) in [5.41, 5.74) is 0.420. The van der Waals surface area contributed by atoms with Gasteiger partial charge >= 0.3 is 0 Å². The molecule has 0 aliphatic carbocycles. The quantitative estimate of drug-likeness (QED) is 0.547. The summed E-state index contributed by atoms with van der Waals surface area (Å²) in [7, 11) is 0. The number of phenolic OH excluding ortho intramolecular Hbond substituents is 3. The van der Waals surface area contributed by atoms with Gasteiger partial charge in [-0.2, -0.15) is 0 Å². The summed E-state index contributed by atoms with van der Waals surface area (Å²) < 4.78 is 0. The molecule has 17 heavy (non-hydrogen) atoms. The molecule has 5 nitrogen and oxygen atoms in total. The summed E-state index contributed by atoms with van der Waals surface area (Å²) in [5.74, 6) is -0.610. The van der Waals surface area contributed by atoms with Crippen molar-refractivity contribution in [2.24, 2.45) is 10.2 Å². The van der Waals surface area contributed by atoms with Crippen molar-refractivity contribution >= 4 is 11.4 Å². The van der Waals surface area contributed by atoms with Gasteiger partial charge in [0.25, 0.3) is 0 Å². The second-order valence-corrected chi connectivity index (χ2v) is 3.33. The number of hydrogen-bond acceptors (Lipinski definition) is 5. The lowest BCUT2D eigenvalue weighted by atomic mass is 10.3. The maximum atomic E-state index is 9.48. The van der Waals surface area contributed by atoms with Crippen LogP contribution in [0.3, 0.4) is 0 Å². The zero-order valence-corrected chi connectivity index (χ0v) is 8.78. The van der Waals surface area contributed by atoms with E-state index in [0.717, 1.165) is 0 Å². The second-order valence-electron chi connectivity index (χ2n) is 3.33. The number of azo groups is 1. The van der Waals surface area contributed by atoms with E-state index in [1.54, 1.807) is 18.2 Å². The van der Waals surface area contributed by atoms with E-state index < -0.39 is 0 Å². The van der Waals surface area contributed by atoms with Crippen LogP contribution in [-0.2, 0) is 0 Å². The van der Waals surface area contributed by atoms with E-state index in [-0.39, 0.29) is 28.6 Å². The topological polar surface area (TPSA) is 85.4 Å². The van der Waals surface area contributed by atoms with Crippen LogP contribution >= 0.6 is 0 Å². The van der Waals surface area contributed by atoms with Gasteiger partial charge in [0.1, 0.15) is 17.1 Å². The summed E-state index contributed by atoms with van der Waals surface area (Å²) in [4.78, 5) is 0. The van der Waals surface area contributed by atoms with Gasteiger partial charge in [-0.25, -0.2) is 0 Å². The molecule has 0 fully saturated rings. The Hall–Kier alpha value is -2.56. The minimum absolute atomic E-state index is 0.00380. The van der Waals surface area contributed by atoms with Crippen molar-refractivity contribution in [3.63, 3.8) is 0 Å². The molecule has 0 atom stereocenters. The van der Waals surface area contributed by atoms with Gasteiger partial charge < -0.3 is 15.3 Å². The molecular formula is C12H10N2O3. The van der Waals surface area contributed by atoms with Gasteiger partial charge in [-0.1, -0.05) is 18.2 Å². The molecule has 2 rings (SSSR count). The number of aromatic hydroxyl groups is 3. The van der Waals surface area contributed by atoms with E-state index in [2.05, 4.69) is 10.2 Å². The van der Waals surface area contributed by atoms with E-state index in [0.29, 0.717) is 0 Å². The molecule has 5 heteroatoms. The van der Waals surface area contributed by atoms with Gasteiger partial charge in [-0.3, -0.25) is 0 Å². The van der Waals surface area contributed by atoms with E-state index in [1.165, 1.54) is 24.3 Å². The molecule has 0 aliphatic rings. The first-order valence-corrected chi connectivity index (χ1v) is 4.89. The SMILES string of the molecule is Oc1ccccc1N=Nc1cccc(O)c1O. The van der Waals surface area contributed by atoms with Gasteiger partial charge in [-0.05, 0) is 24.3 Å². The normalized spacial score (nSPS) is 10.8. The van der Waals surface area contributed by atoms with E-state index in [4.69, 9.17) is 0 Å². The maximum Gasteiger partial charge on any atom is 0.185 e. The van der Waals surface area contributed by atoms with Crippen LogP contribution in [0, 0.1) is 0 Å². The zero-order chi connectivity index (χ0) is 12.3. The Morgan fingerprint density at radius 3 is 2.00 bits per heavy atom. The van der Waals surface area contributed by atoms with Gasteiger partial charge in [0.15, 0.2) is 11.5 Å². The Bertz CT molecular complexity index is 567. The van der Waals surface area contributed by atoms with E-state index in [1.807, 2.05) is 0 Å². The largest absolute Gasteiger partial charge is 0.506 e. The number of benzene rings is 2. The standard InChI is InChI=1S/C12H10N2O3/c15-10-6-2-1-4-8(10)13-14-9-5-3-7-11(16)12(9)17/h1-7,15-17H. The number of hydrogen-bond donors (Lipinski definition) is 3. The number of phenols is 3. The Kier molecular flexibility index (Phi) is 2.91. The Morgan fingerprint density at radius 1 is 0.647 bits per heavy atom. The lowest BCUT2D eigenvalue weighted by Crippen LogP contribution is -1.70. The smallest absolute Gasteiger partial charge is 0.185 e. The molecule has 0 amide bonds. The lowest BCUT2D eigenvalue weighted by Gasteiger charge is -2.00. The first-order valence-electron chi connectivity index (χ1n) is 4.89. The Balaban J connectivity index is 2.33. The molecule has 2 aromatic carbocycles. The van der Waals surface area contributed by atoms with Crippen LogP contribution in [0.2, 0.25) is 0 Å². The minimum Gasteiger partial charge on any atom is -0.506 e. The highest BCUT2D eigenvalue weighted by molar-refractivity contribution is 5.58. The van der Waals surface area contributed by atoms with Crippen molar-refractivity contribution in [3.05, 3.63) is 42.5 Å². The van der Waals surface area contributed by atoms with Crippen LogP contribution in [0.25, 0.3) is 0 Å². The Morgan fingerprint density at radius 2 is 1.24 bits per heavy atom. The van der Waals surface area contributed by atoms with E-state index in [9.17, 15) is 15.3 Å². The molecule has 0 radical (unpaired) electrons. The van der Waals surface area contributed by atoms with Crippen molar-refractivity contribution in [2.45, 2.75) is 0 Å². The van der Waals surface area contributed by atoms with Crippen LogP contribution in [-0.4, -0.2) is 15.3 Å². The van der Waals surface area contributed by atoms with E-state index >= 15 is 0 Å². The number of nitrogens with zero attached hydrogens (tertiary/aromatic N) is 2. The highest BCUT2D eigenvalue weighted by Crippen LogP contribution is 2.36. The fraction of sp³-hybridized carbons (Fsp3) is 0. The van der Waals surface area contributed by atoms with Crippen molar-refractivity contribution in [1.29, 1.82) is 0 Å². The minimum atomic E-state index is -0.341. The lowest BCUT2D eigenvalue weighted by molar-refractivity contribution is 0.404. The summed E-state index contributed by atoms with van der Waals surface area (Å²) in [5, 5.41) is 35.7. The fourth-order valence-corrected chi connectivity index (χ4v) is 1.26. The summed E-state index contributed by atoms with van der Waals surface area (Å²) in [6.07, 6.45) is 0. The molecule has 0 saturated heterocycles. The predicted molar refractivity (Wildman–Crippen MR) is 62.1 cm³/mol. The second kappa shape index (κ2) is 4.52. The maximum absolute atomic E-state index is 9.48. The molecule has 0 spiro atoms. The molecule has 0 heterocycles. The van der Waals surface area contributed by atoms with Crippen LogP contribution in [0.15, 0.2) is 52.7 Å². The first kappa shape index (κ1) is 10.9. The van der Waals surface area contributed by atoms with Crippen molar-refractivity contribution < 1.29 is 15.3 Å². The molecule has 0 aromatic heterocycles. The third-order valence-corrected chi connectivity index (χ3v) is 2.14. The monoisotopic (exact) mass is 230 g/mol. The molecule has 0 bridgehead atoms. The molecule has 0 saturated carbocycles. The zero-order valence-electron chi connectivity index (χ0n) is 8.78. The average Bonchev–Trinajstić information content (AvgIpc) is 2.33. The van der Waals surface area contributed by atoms with Crippen molar-refractivity contribution in [1.82, 2.24) is 0 Å². The first-order chi connectivity index (χ1) is 8.18. The van der Waals surface area contributed by atoms with Crippen LogP contribution < -0.4 is 0 Å². The summed E-state index contributed by atoms with van der Waals surface area (Å²) >= 11 is 0. The van der Waals surface area contributed by atoms with Gasteiger partial charge in [0.05, 0.1) is 0 Å². The van der Waals surface area contributed by atoms with Crippen molar-refractivity contribution in [3.8, 4) is 17.2 Å². The van der Waals surface area contributed by atoms with Crippen LogP contribution in [0.4, 0.5) is 11.4 Å². The summed E-state index contributed by atoms with van der Waals surface area (Å²) in [6.45, 7) is 0. The predicted octanol–water partition coefficient (Wildman–Crippen LogP) is 3.22. The highest BCUT2D eigenvalue weighted by atomic mass is 16.3. The molecule has 0 aliphatic heterocycles. The molecular weight excluding hydrogens is 220 g/mol. The molecule has 3 N–H and O–H groups in total. The molecule has 0 unspecified atom stereocenters. The van der Waals surface area contributed by atoms with Gasteiger partial charge in [-0.15, -0.1) is 10.2 Å². The molecule has 86 valence electrons. The molecule has 2 aromatic rings. The van der Waals surface area contributed by atoms with Crippen LogP contribution in [0.5, 0.6) is 17.2 Å². The van der Waals surface area contributed by atoms with Crippen LogP contribution in [0.1, 0.15) is 0 Å². The average molecular weight is 230 g/mol. The number of rotatable bonds is 2. The summed E-state index contributed by atoms with van der Waals surface area (Å²) in [6, 6.07) is 10.8. The Labute approximate surface area is 97.3 Å². The highest BCUT2D eigenvalue weighted by Gasteiger charge is 2.04. The van der Waals surface area contributed by atoms with Gasteiger partial charge in [0, 0.05) is 0 Å².